The van der Waals surface area contributed by atoms with E-state index in [0.717, 1.165) is 38.8 Å². The first-order valence-corrected chi connectivity index (χ1v) is 11.2. The van der Waals surface area contributed by atoms with Gasteiger partial charge in [-0.2, -0.15) is 4.31 Å². The monoisotopic (exact) mass is 442 g/mol. The summed E-state index contributed by atoms with van der Waals surface area (Å²) in [4.78, 5) is 13.2. The number of sulfonamides is 1. The first-order valence-electron chi connectivity index (χ1n) is 9.77. The highest BCUT2D eigenvalue weighted by Crippen LogP contribution is 2.24. The quantitative estimate of drug-likeness (QED) is 0.580. The molecule has 1 amide bonds. The normalized spacial score (nSPS) is 15.6. The molecule has 0 N–H and O–H groups in total. The molecule has 0 atom stereocenters. The second kappa shape index (κ2) is 8.56. The molecule has 0 unspecified atom stereocenters. The predicted molar refractivity (Wildman–Crippen MR) is 115 cm³/mol. The molecular formula is C23H20F2N2O3S. The third kappa shape index (κ3) is 4.22. The van der Waals surface area contributed by atoms with Gasteiger partial charge in [0.2, 0.25) is 15.9 Å². The number of benzene rings is 3. The van der Waals surface area contributed by atoms with Crippen LogP contribution in [0.2, 0.25) is 0 Å². The summed E-state index contributed by atoms with van der Waals surface area (Å²) in [5.74, 6) is -2.50. The minimum absolute atomic E-state index is 0.0377. The van der Waals surface area contributed by atoms with E-state index >= 15 is 0 Å². The fourth-order valence-corrected chi connectivity index (χ4v) is 5.20. The van der Waals surface area contributed by atoms with Crippen LogP contribution in [0.4, 0.5) is 8.78 Å². The van der Waals surface area contributed by atoms with Gasteiger partial charge in [0.1, 0.15) is 11.6 Å². The molecule has 5 nitrogen and oxygen atoms in total. The van der Waals surface area contributed by atoms with Crippen LogP contribution in [0, 0.1) is 11.6 Å². The Labute approximate surface area is 179 Å². The molecule has 1 saturated heterocycles. The Morgan fingerprint density at radius 2 is 1.45 bits per heavy atom. The molecule has 31 heavy (non-hydrogen) atoms. The molecule has 3 aromatic rings. The highest BCUT2D eigenvalue weighted by molar-refractivity contribution is 7.89. The van der Waals surface area contributed by atoms with Crippen molar-refractivity contribution in [3.63, 3.8) is 0 Å². The largest absolute Gasteiger partial charge is 0.337 e. The summed E-state index contributed by atoms with van der Waals surface area (Å²) in [5, 5.41) is 2.09. The number of rotatable bonds is 4. The minimum Gasteiger partial charge on any atom is -0.337 e. The van der Waals surface area contributed by atoms with E-state index in [0.29, 0.717) is 0 Å². The van der Waals surface area contributed by atoms with E-state index in [1.165, 1.54) is 11.0 Å². The van der Waals surface area contributed by atoms with Crippen molar-refractivity contribution < 1.29 is 22.0 Å². The molecule has 0 bridgehead atoms. The van der Waals surface area contributed by atoms with Crippen molar-refractivity contribution in [2.45, 2.75) is 4.90 Å². The number of piperazine rings is 1. The highest BCUT2D eigenvalue weighted by atomic mass is 32.2. The molecule has 1 aliphatic rings. The number of nitrogens with zero attached hydrogens (tertiary/aromatic N) is 2. The average Bonchev–Trinajstić information content (AvgIpc) is 2.77. The Kier molecular flexibility index (Phi) is 5.84. The van der Waals surface area contributed by atoms with Crippen molar-refractivity contribution in [2.24, 2.45) is 0 Å². The molecule has 0 aliphatic carbocycles. The van der Waals surface area contributed by atoms with Gasteiger partial charge in [0.25, 0.3) is 0 Å². The second-order valence-corrected chi connectivity index (χ2v) is 9.06. The van der Waals surface area contributed by atoms with Crippen molar-refractivity contribution in [2.75, 3.05) is 26.2 Å². The lowest BCUT2D eigenvalue weighted by Crippen LogP contribution is -2.50. The maximum atomic E-state index is 14.0. The highest BCUT2D eigenvalue weighted by Gasteiger charge is 2.33. The Hall–Kier alpha value is -3.10. The molecule has 0 aromatic heterocycles. The number of amides is 1. The van der Waals surface area contributed by atoms with Gasteiger partial charge in [-0.25, -0.2) is 17.2 Å². The van der Waals surface area contributed by atoms with Gasteiger partial charge >= 0.3 is 0 Å². The summed E-state index contributed by atoms with van der Waals surface area (Å²) >= 11 is 0. The van der Waals surface area contributed by atoms with Gasteiger partial charge in [-0.1, -0.05) is 48.5 Å². The number of halogens is 2. The Morgan fingerprint density at radius 3 is 2.16 bits per heavy atom. The summed E-state index contributed by atoms with van der Waals surface area (Å²) < 4.78 is 54.3. The van der Waals surface area contributed by atoms with Crippen molar-refractivity contribution in [1.82, 2.24) is 9.21 Å². The number of carbonyl (C=O) groups excluding carboxylic acids is 1. The third-order valence-corrected chi connectivity index (χ3v) is 7.25. The summed E-state index contributed by atoms with van der Waals surface area (Å²) in [7, 11) is -4.32. The van der Waals surface area contributed by atoms with Gasteiger partial charge in [-0.3, -0.25) is 4.79 Å². The molecule has 1 aliphatic heterocycles. The molecule has 0 saturated carbocycles. The first kappa shape index (κ1) is 21.1. The summed E-state index contributed by atoms with van der Waals surface area (Å²) in [5.41, 5.74) is 0.905. The molecule has 0 radical (unpaired) electrons. The maximum absolute atomic E-state index is 14.0. The van der Waals surface area contributed by atoms with Crippen molar-refractivity contribution >= 4 is 32.8 Å². The molecule has 3 aromatic carbocycles. The summed E-state index contributed by atoms with van der Waals surface area (Å²) in [6.07, 6.45) is 3.20. The smallest absolute Gasteiger partial charge is 0.249 e. The topological polar surface area (TPSA) is 57.7 Å². The van der Waals surface area contributed by atoms with E-state index in [1.807, 2.05) is 42.5 Å². The summed E-state index contributed by atoms with van der Waals surface area (Å²) in [6, 6.07) is 16.6. The molecule has 160 valence electrons. The van der Waals surface area contributed by atoms with Gasteiger partial charge in [0.15, 0.2) is 4.90 Å². The van der Waals surface area contributed by atoms with Crippen LogP contribution in [-0.2, 0) is 14.8 Å². The number of hydrogen-bond acceptors (Lipinski definition) is 3. The molecule has 4 rings (SSSR count). The zero-order chi connectivity index (χ0) is 22.0. The van der Waals surface area contributed by atoms with E-state index in [2.05, 4.69) is 0 Å². The lowest BCUT2D eigenvalue weighted by molar-refractivity contribution is -0.127. The lowest BCUT2D eigenvalue weighted by Gasteiger charge is -2.33. The Bertz CT molecular complexity index is 1240. The van der Waals surface area contributed by atoms with E-state index < -0.39 is 26.6 Å². The fraction of sp³-hybridized carbons (Fsp3) is 0.174. The minimum atomic E-state index is -4.32. The third-order valence-electron chi connectivity index (χ3n) is 5.30. The van der Waals surface area contributed by atoms with Gasteiger partial charge in [0.05, 0.1) is 0 Å². The van der Waals surface area contributed by atoms with Crippen LogP contribution in [0.5, 0.6) is 0 Å². The Balaban J connectivity index is 1.45. The maximum Gasteiger partial charge on any atom is 0.249 e. The van der Waals surface area contributed by atoms with E-state index in [9.17, 15) is 22.0 Å². The van der Waals surface area contributed by atoms with E-state index in [1.54, 1.807) is 6.08 Å². The van der Waals surface area contributed by atoms with Crippen LogP contribution in [-0.4, -0.2) is 49.7 Å². The average molecular weight is 442 g/mol. The van der Waals surface area contributed by atoms with Crippen molar-refractivity contribution in [3.05, 3.63) is 83.9 Å². The van der Waals surface area contributed by atoms with E-state index in [-0.39, 0.29) is 32.1 Å². The SMILES string of the molecule is O=C(/C=C/c1cccc2ccccc12)N1CCN(S(=O)(=O)c2c(F)cccc2F)CC1. The standard InChI is InChI=1S/C23H20F2N2O3S/c24-20-9-4-10-21(25)23(20)31(29,30)27-15-13-26(14-16-27)22(28)12-11-18-7-3-6-17-5-1-2-8-19(17)18/h1-12H,13-16H2/b12-11+. The predicted octanol–water partition coefficient (Wildman–Crippen LogP) is 3.66. The fourth-order valence-electron chi connectivity index (χ4n) is 3.67. The molecular weight excluding hydrogens is 422 g/mol. The number of fused-ring (bicyclic) bond motifs is 1. The van der Waals surface area contributed by atoms with Gasteiger partial charge in [-0.05, 0) is 34.5 Å². The van der Waals surface area contributed by atoms with Crippen molar-refractivity contribution in [1.29, 1.82) is 0 Å². The molecule has 1 fully saturated rings. The zero-order valence-corrected chi connectivity index (χ0v) is 17.4. The van der Waals surface area contributed by atoms with Crippen LogP contribution < -0.4 is 0 Å². The van der Waals surface area contributed by atoms with Crippen LogP contribution >= 0.6 is 0 Å². The number of carbonyl (C=O) groups is 1. The Morgan fingerprint density at radius 1 is 0.839 bits per heavy atom. The van der Waals surface area contributed by atoms with Crippen LogP contribution in [0.1, 0.15) is 5.56 Å². The first-order chi connectivity index (χ1) is 14.9. The van der Waals surface area contributed by atoms with Crippen LogP contribution in [0.3, 0.4) is 0 Å². The molecule has 1 heterocycles. The molecule has 0 spiro atoms. The zero-order valence-electron chi connectivity index (χ0n) is 16.5. The van der Waals surface area contributed by atoms with Gasteiger partial charge in [0, 0.05) is 32.3 Å². The second-order valence-electron chi connectivity index (χ2n) is 7.18. The van der Waals surface area contributed by atoms with Crippen molar-refractivity contribution in [3.8, 4) is 0 Å². The van der Waals surface area contributed by atoms with Gasteiger partial charge in [-0.15, -0.1) is 0 Å². The van der Waals surface area contributed by atoms with Crippen LogP contribution in [0.15, 0.2) is 71.6 Å². The number of hydrogen-bond donors (Lipinski definition) is 0. The lowest BCUT2D eigenvalue weighted by atomic mass is 10.0. The van der Waals surface area contributed by atoms with Crippen LogP contribution in [0.25, 0.3) is 16.8 Å². The molecule has 8 heteroatoms. The van der Waals surface area contributed by atoms with Gasteiger partial charge < -0.3 is 4.90 Å². The summed E-state index contributed by atoms with van der Waals surface area (Å²) in [6.45, 7) is 0.190. The van der Waals surface area contributed by atoms with E-state index in [4.69, 9.17) is 0 Å².